The van der Waals surface area contributed by atoms with E-state index in [1.807, 2.05) is 24.3 Å². The quantitative estimate of drug-likeness (QED) is 0.304. The van der Waals surface area contributed by atoms with Crippen LogP contribution < -0.4 is 10.6 Å². The third-order valence-corrected chi connectivity index (χ3v) is 5.38. The molecular weight excluding hydrogens is 468 g/mol. The van der Waals surface area contributed by atoms with Crippen molar-refractivity contribution in [3.63, 3.8) is 0 Å². The number of ether oxygens (including phenoxy) is 1. The summed E-state index contributed by atoms with van der Waals surface area (Å²) in [4.78, 5) is 32.5. The van der Waals surface area contributed by atoms with Crippen molar-refractivity contribution in [3.05, 3.63) is 51.2 Å². The number of methoxy groups -OCH3 is 1. The van der Waals surface area contributed by atoms with Crippen LogP contribution >= 0.6 is 39.3 Å². The second-order valence-corrected chi connectivity index (χ2v) is 7.78. The first-order valence-corrected chi connectivity index (χ1v) is 10.6. The van der Waals surface area contributed by atoms with Crippen LogP contribution in [0, 0.1) is 0 Å². The zero-order valence-electron chi connectivity index (χ0n) is 15.2. The van der Waals surface area contributed by atoms with Gasteiger partial charge < -0.3 is 15.4 Å². The summed E-state index contributed by atoms with van der Waals surface area (Å²) in [6, 6.07) is 7.53. The molecule has 2 rings (SSSR count). The van der Waals surface area contributed by atoms with Crippen LogP contribution in [0.5, 0.6) is 0 Å². The average molecular weight is 488 g/mol. The number of hydrogen-bond donors (Lipinski definition) is 2. The number of thioether (sulfide) groups is 1. The molecule has 1 heterocycles. The number of carbonyl (C=O) groups is 2. The smallest absolute Gasteiger partial charge is 0.271 e. The van der Waals surface area contributed by atoms with E-state index in [0.717, 1.165) is 5.56 Å². The highest BCUT2D eigenvalue weighted by molar-refractivity contribution is 9.10. The molecule has 1 aromatic carbocycles. The fourth-order valence-electron chi connectivity index (χ4n) is 2.09. The molecule has 10 heteroatoms. The van der Waals surface area contributed by atoms with Crippen molar-refractivity contribution >= 4 is 51.1 Å². The summed E-state index contributed by atoms with van der Waals surface area (Å²) in [6.07, 6.45) is 1.71. The summed E-state index contributed by atoms with van der Waals surface area (Å²) >= 11 is 10.8. The number of nitrogens with one attached hydrogen (secondary N) is 2. The maximum atomic E-state index is 12.4. The molecule has 0 aliphatic carbocycles. The number of amides is 2. The molecule has 2 aromatic rings. The van der Waals surface area contributed by atoms with Crippen molar-refractivity contribution in [3.8, 4) is 0 Å². The van der Waals surface area contributed by atoms with Crippen LogP contribution in [-0.4, -0.2) is 48.6 Å². The van der Waals surface area contributed by atoms with Gasteiger partial charge in [0, 0.05) is 43.6 Å². The molecule has 0 saturated heterocycles. The Balaban J connectivity index is 1.88. The van der Waals surface area contributed by atoms with Crippen LogP contribution in [0.3, 0.4) is 0 Å². The van der Waals surface area contributed by atoms with E-state index in [9.17, 15) is 9.59 Å². The Hall–Kier alpha value is -1.68. The Morgan fingerprint density at radius 3 is 2.79 bits per heavy atom. The summed E-state index contributed by atoms with van der Waals surface area (Å²) in [5.41, 5.74) is 1.18. The monoisotopic (exact) mass is 486 g/mol. The lowest BCUT2D eigenvalue weighted by molar-refractivity contribution is -0.121. The molecule has 28 heavy (non-hydrogen) atoms. The van der Waals surface area contributed by atoms with Crippen molar-refractivity contribution in [2.75, 3.05) is 26.8 Å². The van der Waals surface area contributed by atoms with E-state index in [0.29, 0.717) is 33.6 Å². The SMILES string of the molecule is COCCNC(=O)CCNC(=O)c1nc(SCc2ccccc2Cl)ncc1Br. The molecule has 0 atom stereocenters. The second-order valence-electron chi connectivity index (χ2n) is 5.58. The summed E-state index contributed by atoms with van der Waals surface area (Å²) in [5, 5.41) is 6.52. The fourth-order valence-corrected chi connectivity index (χ4v) is 3.56. The topological polar surface area (TPSA) is 93.2 Å². The average Bonchev–Trinajstić information content (AvgIpc) is 2.68. The molecule has 7 nitrogen and oxygen atoms in total. The highest BCUT2D eigenvalue weighted by atomic mass is 79.9. The van der Waals surface area contributed by atoms with Gasteiger partial charge in [-0.15, -0.1) is 0 Å². The number of rotatable bonds is 10. The van der Waals surface area contributed by atoms with Crippen LogP contribution in [0.4, 0.5) is 0 Å². The summed E-state index contributed by atoms with van der Waals surface area (Å²) < 4.78 is 5.34. The first-order valence-electron chi connectivity index (χ1n) is 8.44. The van der Waals surface area contributed by atoms with Gasteiger partial charge in [-0.25, -0.2) is 9.97 Å². The molecule has 0 aliphatic heterocycles. The van der Waals surface area contributed by atoms with Gasteiger partial charge in [-0.3, -0.25) is 9.59 Å². The number of aromatic nitrogens is 2. The van der Waals surface area contributed by atoms with E-state index >= 15 is 0 Å². The number of benzene rings is 1. The maximum Gasteiger partial charge on any atom is 0.271 e. The lowest BCUT2D eigenvalue weighted by atomic mass is 10.2. The number of carbonyl (C=O) groups excluding carboxylic acids is 2. The van der Waals surface area contributed by atoms with Crippen molar-refractivity contribution < 1.29 is 14.3 Å². The predicted octanol–water partition coefficient (Wildman–Crippen LogP) is 3.07. The molecule has 0 fully saturated rings. The minimum Gasteiger partial charge on any atom is -0.383 e. The molecule has 1 aromatic heterocycles. The minimum atomic E-state index is -0.376. The Morgan fingerprint density at radius 1 is 1.25 bits per heavy atom. The van der Waals surface area contributed by atoms with Crippen LogP contribution in [0.15, 0.2) is 40.1 Å². The van der Waals surface area contributed by atoms with Gasteiger partial charge in [0.2, 0.25) is 5.91 Å². The standard InChI is InChI=1S/C18H20BrClN4O3S/c1-27-9-8-21-15(25)6-7-22-17(26)16-13(19)10-23-18(24-16)28-11-12-4-2-3-5-14(12)20/h2-5,10H,6-9,11H2,1H3,(H,21,25)(H,22,26). The number of nitrogens with zero attached hydrogens (tertiary/aromatic N) is 2. The van der Waals surface area contributed by atoms with Crippen molar-refractivity contribution in [1.82, 2.24) is 20.6 Å². The number of halogens is 2. The molecule has 0 bridgehead atoms. The van der Waals surface area contributed by atoms with E-state index in [1.165, 1.54) is 18.0 Å². The largest absolute Gasteiger partial charge is 0.383 e. The lowest BCUT2D eigenvalue weighted by Crippen LogP contribution is -2.32. The van der Waals surface area contributed by atoms with Gasteiger partial charge in [-0.1, -0.05) is 41.6 Å². The minimum absolute atomic E-state index is 0.157. The van der Waals surface area contributed by atoms with E-state index in [2.05, 4.69) is 36.5 Å². The zero-order valence-corrected chi connectivity index (χ0v) is 18.4. The molecule has 0 saturated carbocycles. The molecule has 0 unspecified atom stereocenters. The molecule has 0 radical (unpaired) electrons. The summed E-state index contributed by atoms with van der Waals surface area (Å²) in [7, 11) is 1.56. The molecule has 0 spiro atoms. The van der Waals surface area contributed by atoms with Gasteiger partial charge in [0.25, 0.3) is 5.91 Å². The Bertz CT molecular complexity index is 825. The maximum absolute atomic E-state index is 12.4. The van der Waals surface area contributed by atoms with Gasteiger partial charge in [-0.2, -0.15) is 0 Å². The highest BCUT2D eigenvalue weighted by Gasteiger charge is 2.14. The Labute approximate surface area is 181 Å². The first kappa shape index (κ1) is 22.6. The van der Waals surface area contributed by atoms with E-state index in [-0.39, 0.29) is 30.5 Å². The first-order chi connectivity index (χ1) is 13.5. The zero-order chi connectivity index (χ0) is 20.4. The second kappa shape index (κ2) is 12.0. The normalized spacial score (nSPS) is 10.5. The number of hydrogen-bond acceptors (Lipinski definition) is 6. The molecule has 2 N–H and O–H groups in total. The highest BCUT2D eigenvalue weighted by Crippen LogP contribution is 2.25. The van der Waals surface area contributed by atoms with Gasteiger partial charge in [-0.05, 0) is 27.6 Å². The summed E-state index contributed by atoms with van der Waals surface area (Å²) in [6.45, 7) is 1.09. The Morgan fingerprint density at radius 2 is 2.04 bits per heavy atom. The molecule has 150 valence electrons. The third kappa shape index (κ3) is 7.38. The van der Waals surface area contributed by atoms with E-state index < -0.39 is 0 Å². The fraction of sp³-hybridized carbons (Fsp3) is 0.333. The van der Waals surface area contributed by atoms with E-state index in [1.54, 1.807) is 7.11 Å². The lowest BCUT2D eigenvalue weighted by Gasteiger charge is -2.08. The summed E-state index contributed by atoms with van der Waals surface area (Å²) in [5.74, 6) is 0.0537. The van der Waals surface area contributed by atoms with Crippen molar-refractivity contribution in [2.45, 2.75) is 17.3 Å². The van der Waals surface area contributed by atoms with Crippen LogP contribution in [0.25, 0.3) is 0 Å². The van der Waals surface area contributed by atoms with Gasteiger partial charge in [0.1, 0.15) is 5.69 Å². The van der Waals surface area contributed by atoms with Gasteiger partial charge in [0.05, 0.1) is 11.1 Å². The predicted molar refractivity (Wildman–Crippen MR) is 113 cm³/mol. The van der Waals surface area contributed by atoms with Crippen LogP contribution in [0.2, 0.25) is 5.02 Å². The van der Waals surface area contributed by atoms with Gasteiger partial charge >= 0.3 is 0 Å². The van der Waals surface area contributed by atoms with Gasteiger partial charge in [0.15, 0.2) is 5.16 Å². The van der Waals surface area contributed by atoms with Crippen LogP contribution in [0.1, 0.15) is 22.5 Å². The third-order valence-electron chi connectivity index (χ3n) is 3.52. The van der Waals surface area contributed by atoms with E-state index in [4.69, 9.17) is 16.3 Å². The molecular formula is C18H20BrClN4O3S. The van der Waals surface area contributed by atoms with Crippen molar-refractivity contribution in [1.29, 1.82) is 0 Å². The molecule has 0 aliphatic rings. The van der Waals surface area contributed by atoms with Crippen LogP contribution in [-0.2, 0) is 15.3 Å². The van der Waals surface area contributed by atoms with Crippen molar-refractivity contribution in [2.24, 2.45) is 0 Å². The Kier molecular flexibility index (Phi) is 9.69. The molecule has 2 amide bonds.